The Bertz CT molecular complexity index is 516. The SMILES string of the molecule is Clc1cc(Cl)c(-c2cnccc2Cl)c(Cl)c1. The topological polar surface area (TPSA) is 12.9 Å². The summed E-state index contributed by atoms with van der Waals surface area (Å²) in [6.07, 6.45) is 3.22. The second-order valence-electron chi connectivity index (χ2n) is 3.10. The summed E-state index contributed by atoms with van der Waals surface area (Å²) < 4.78 is 0. The number of halogens is 4. The van der Waals surface area contributed by atoms with E-state index in [0.29, 0.717) is 31.2 Å². The summed E-state index contributed by atoms with van der Waals surface area (Å²) >= 11 is 24.1. The van der Waals surface area contributed by atoms with Gasteiger partial charge in [-0.3, -0.25) is 4.98 Å². The molecule has 0 aliphatic carbocycles. The van der Waals surface area contributed by atoms with Crippen LogP contribution in [0.15, 0.2) is 30.6 Å². The normalized spacial score (nSPS) is 10.5. The Morgan fingerprint density at radius 1 is 0.875 bits per heavy atom. The van der Waals surface area contributed by atoms with Crippen molar-refractivity contribution in [2.45, 2.75) is 0 Å². The summed E-state index contributed by atoms with van der Waals surface area (Å²) in [5, 5.41) is 1.93. The molecule has 0 aliphatic rings. The maximum absolute atomic E-state index is 6.09. The van der Waals surface area contributed by atoms with Gasteiger partial charge in [0.1, 0.15) is 0 Å². The van der Waals surface area contributed by atoms with E-state index in [1.54, 1.807) is 30.6 Å². The molecular formula is C11H5Cl4N. The van der Waals surface area contributed by atoms with Crippen molar-refractivity contribution in [2.75, 3.05) is 0 Å². The zero-order chi connectivity index (χ0) is 11.7. The molecule has 0 spiro atoms. The second-order valence-corrected chi connectivity index (χ2v) is 4.76. The molecule has 2 rings (SSSR count). The fourth-order valence-corrected chi connectivity index (χ4v) is 2.58. The second kappa shape index (κ2) is 4.80. The maximum Gasteiger partial charge on any atom is 0.0516 e. The van der Waals surface area contributed by atoms with Crippen molar-refractivity contribution < 1.29 is 0 Å². The van der Waals surface area contributed by atoms with E-state index in [4.69, 9.17) is 46.4 Å². The van der Waals surface area contributed by atoms with Crippen molar-refractivity contribution in [1.29, 1.82) is 0 Å². The Morgan fingerprint density at radius 2 is 1.50 bits per heavy atom. The van der Waals surface area contributed by atoms with Gasteiger partial charge in [0.15, 0.2) is 0 Å². The largest absolute Gasteiger partial charge is 0.264 e. The van der Waals surface area contributed by atoms with Crippen LogP contribution in [0.3, 0.4) is 0 Å². The van der Waals surface area contributed by atoms with Crippen molar-refractivity contribution in [3.05, 3.63) is 50.7 Å². The quantitative estimate of drug-likeness (QED) is 0.689. The predicted octanol–water partition coefficient (Wildman–Crippen LogP) is 5.36. The lowest BCUT2D eigenvalue weighted by Crippen LogP contribution is -1.85. The van der Waals surface area contributed by atoms with Crippen LogP contribution in [0, 0.1) is 0 Å². The van der Waals surface area contributed by atoms with E-state index in [0.717, 1.165) is 0 Å². The fraction of sp³-hybridized carbons (Fsp3) is 0. The van der Waals surface area contributed by atoms with Crippen LogP contribution in [0.1, 0.15) is 0 Å². The van der Waals surface area contributed by atoms with Crippen LogP contribution < -0.4 is 0 Å². The minimum absolute atomic E-state index is 0.451. The van der Waals surface area contributed by atoms with Crippen LogP contribution in [-0.2, 0) is 0 Å². The molecule has 0 unspecified atom stereocenters. The van der Waals surface area contributed by atoms with Gasteiger partial charge in [-0.1, -0.05) is 46.4 Å². The average molecular weight is 293 g/mol. The monoisotopic (exact) mass is 291 g/mol. The Labute approximate surface area is 113 Å². The first-order valence-electron chi connectivity index (χ1n) is 4.34. The number of hydrogen-bond acceptors (Lipinski definition) is 1. The van der Waals surface area contributed by atoms with Gasteiger partial charge in [0.05, 0.1) is 15.1 Å². The van der Waals surface area contributed by atoms with E-state index in [9.17, 15) is 0 Å². The number of hydrogen-bond donors (Lipinski definition) is 0. The fourth-order valence-electron chi connectivity index (χ4n) is 1.36. The van der Waals surface area contributed by atoms with E-state index in [2.05, 4.69) is 4.98 Å². The lowest BCUT2D eigenvalue weighted by molar-refractivity contribution is 1.33. The summed E-state index contributed by atoms with van der Waals surface area (Å²) in [7, 11) is 0. The number of aromatic nitrogens is 1. The van der Waals surface area contributed by atoms with E-state index in [1.807, 2.05) is 0 Å². The third kappa shape index (κ3) is 2.28. The molecule has 1 heterocycles. The first kappa shape index (κ1) is 12.0. The average Bonchev–Trinajstić information content (AvgIpc) is 2.19. The van der Waals surface area contributed by atoms with Gasteiger partial charge >= 0.3 is 0 Å². The molecule has 0 saturated heterocycles. The smallest absolute Gasteiger partial charge is 0.0516 e. The van der Waals surface area contributed by atoms with Crippen molar-refractivity contribution >= 4 is 46.4 Å². The van der Waals surface area contributed by atoms with E-state index >= 15 is 0 Å². The van der Waals surface area contributed by atoms with Gasteiger partial charge in [0.25, 0.3) is 0 Å². The highest BCUT2D eigenvalue weighted by Crippen LogP contribution is 2.39. The maximum atomic E-state index is 6.09. The zero-order valence-corrected chi connectivity index (χ0v) is 10.9. The zero-order valence-electron chi connectivity index (χ0n) is 7.85. The van der Waals surface area contributed by atoms with E-state index in [1.165, 1.54) is 0 Å². The summed E-state index contributed by atoms with van der Waals surface area (Å²) in [6.45, 7) is 0. The summed E-state index contributed by atoms with van der Waals surface area (Å²) in [4.78, 5) is 3.99. The molecule has 0 N–H and O–H groups in total. The van der Waals surface area contributed by atoms with Crippen LogP contribution >= 0.6 is 46.4 Å². The van der Waals surface area contributed by atoms with Crippen LogP contribution in [0.5, 0.6) is 0 Å². The molecule has 1 nitrogen and oxygen atoms in total. The molecule has 0 amide bonds. The minimum atomic E-state index is 0.451. The highest BCUT2D eigenvalue weighted by molar-refractivity contribution is 6.43. The summed E-state index contributed by atoms with van der Waals surface area (Å²) in [5.41, 5.74) is 1.33. The first-order valence-corrected chi connectivity index (χ1v) is 5.85. The third-order valence-corrected chi connectivity index (χ3v) is 3.19. The van der Waals surface area contributed by atoms with Gasteiger partial charge in [0, 0.05) is 28.5 Å². The Morgan fingerprint density at radius 3 is 2.06 bits per heavy atom. The number of pyridine rings is 1. The lowest BCUT2D eigenvalue weighted by Gasteiger charge is -2.08. The molecule has 2 aromatic rings. The molecule has 0 radical (unpaired) electrons. The van der Waals surface area contributed by atoms with Crippen LogP contribution in [0.25, 0.3) is 11.1 Å². The predicted molar refractivity (Wildman–Crippen MR) is 69.7 cm³/mol. The van der Waals surface area contributed by atoms with Gasteiger partial charge < -0.3 is 0 Å². The first-order chi connectivity index (χ1) is 7.59. The highest BCUT2D eigenvalue weighted by Gasteiger charge is 2.12. The molecule has 0 saturated carbocycles. The standard InChI is InChI=1S/C11H5Cl4N/c12-6-3-9(14)11(10(15)4-6)7-5-16-2-1-8(7)13/h1-5H. The summed E-state index contributed by atoms with van der Waals surface area (Å²) in [6, 6.07) is 4.92. The summed E-state index contributed by atoms with van der Waals surface area (Å²) in [5.74, 6) is 0. The minimum Gasteiger partial charge on any atom is -0.264 e. The molecule has 82 valence electrons. The van der Waals surface area contributed by atoms with Crippen molar-refractivity contribution in [3.8, 4) is 11.1 Å². The lowest BCUT2D eigenvalue weighted by atomic mass is 10.1. The van der Waals surface area contributed by atoms with Gasteiger partial charge in [0.2, 0.25) is 0 Å². The van der Waals surface area contributed by atoms with Crippen molar-refractivity contribution in [2.24, 2.45) is 0 Å². The van der Waals surface area contributed by atoms with Crippen LogP contribution in [-0.4, -0.2) is 4.98 Å². The molecule has 0 atom stereocenters. The van der Waals surface area contributed by atoms with Gasteiger partial charge in [-0.15, -0.1) is 0 Å². The molecule has 16 heavy (non-hydrogen) atoms. The van der Waals surface area contributed by atoms with Gasteiger partial charge in [-0.25, -0.2) is 0 Å². The third-order valence-electron chi connectivity index (χ3n) is 2.04. The molecule has 0 bridgehead atoms. The molecular weight excluding hydrogens is 288 g/mol. The molecule has 0 aliphatic heterocycles. The Balaban J connectivity index is 2.70. The molecule has 1 aromatic carbocycles. The highest BCUT2D eigenvalue weighted by atomic mass is 35.5. The molecule has 1 aromatic heterocycles. The van der Waals surface area contributed by atoms with Crippen LogP contribution in [0.4, 0.5) is 0 Å². The number of nitrogens with zero attached hydrogens (tertiary/aromatic N) is 1. The van der Waals surface area contributed by atoms with Crippen LogP contribution in [0.2, 0.25) is 20.1 Å². The van der Waals surface area contributed by atoms with Gasteiger partial charge in [-0.2, -0.15) is 0 Å². The number of benzene rings is 1. The van der Waals surface area contributed by atoms with E-state index in [-0.39, 0.29) is 0 Å². The Hall–Kier alpha value is -0.470. The van der Waals surface area contributed by atoms with Crippen molar-refractivity contribution in [3.63, 3.8) is 0 Å². The van der Waals surface area contributed by atoms with Gasteiger partial charge in [-0.05, 0) is 18.2 Å². The van der Waals surface area contributed by atoms with Crippen molar-refractivity contribution in [1.82, 2.24) is 4.98 Å². The van der Waals surface area contributed by atoms with E-state index < -0.39 is 0 Å². The Kier molecular flexibility index (Phi) is 3.60. The molecule has 5 heteroatoms. The number of rotatable bonds is 1. The molecule has 0 fully saturated rings.